The lowest BCUT2D eigenvalue weighted by atomic mass is 10.1. The van der Waals surface area contributed by atoms with Crippen LogP contribution in [0.4, 0.5) is 5.82 Å². The van der Waals surface area contributed by atoms with Gasteiger partial charge in [-0.15, -0.1) is 0 Å². The first kappa shape index (κ1) is 14.0. The molecule has 2 aromatic heterocycles. The molecular weight excluding hydrogens is 260 g/mol. The van der Waals surface area contributed by atoms with E-state index < -0.39 is 0 Å². The average Bonchev–Trinajstić information content (AvgIpc) is 2.92. The summed E-state index contributed by atoms with van der Waals surface area (Å²) in [7, 11) is 0. The third-order valence-electron chi connectivity index (χ3n) is 3.82. The maximum atomic E-state index is 4.80. The zero-order chi connectivity index (χ0) is 14.8. The number of nitrogens with zero attached hydrogens (tertiary/aromatic N) is 3. The van der Waals surface area contributed by atoms with E-state index in [9.17, 15) is 0 Å². The third kappa shape index (κ3) is 2.89. The Morgan fingerprint density at radius 1 is 1.05 bits per heavy atom. The molecule has 4 nitrogen and oxygen atoms in total. The number of anilines is 1. The van der Waals surface area contributed by atoms with Crippen molar-refractivity contribution < 1.29 is 0 Å². The molecule has 21 heavy (non-hydrogen) atoms. The molecule has 0 radical (unpaired) electrons. The van der Waals surface area contributed by atoms with Crippen molar-refractivity contribution in [3.8, 4) is 11.4 Å². The molecule has 3 rings (SSSR count). The molecule has 0 unspecified atom stereocenters. The van der Waals surface area contributed by atoms with Gasteiger partial charge in [-0.2, -0.15) is 0 Å². The maximum Gasteiger partial charge on any atom is 0.161 e. The predicted molar refractivity (Wildman–Crippen MR) is 85.5 cm³/mol. The van der Waals surface area contributed by atoms with Crippen molar-refractivity contribution in [2.75, 3.05) is 11.9 Å². The molecule has 1 aliphatic rings. The monoisotopic (exact) mass is 282 g/mol. The van der Waals surface area contributed by atoms with Gasteiger partial charge in [0.05, 0.1) is 0 Å². The fourth-order valence-electron chi connectivity index (χ4n) is 2.91. The normalized spacial score (nSPS) is 13.3. The third-order valence-corrected chi connectivity index (χ3v) is 3.82. The molecule has 0 aliphatic heterocycles. The van der Waals surface area contributed by atoms with Crippen LogP contribution in [-0.4, -0.2) is 21.5 Å². The summed E-state index contributed by atoms with van der Waals surface area (Å²) in [4.78, 5) is 14.0. The summed E-state index contributed by atoms with van der Waals surface area (Å²) in [5, 5.41) is 3.47. The van der Waals surface area contributed by atoms with Crippen molar-refractivity contribution in [2.24, 2.45) is 0 Å². The Hall–Kier alpha value is -1.97. The number of aryl methyl sites for hydroxylation is 3. The standard InChI is InChI=1S/C17H22N4/c1-4-8-18-17-14-6-5-7-15(14)20-16(21-17)13-9-11(2)19-12(3)10-13/h9-10H,4-8H2,1-3H3,(H,18,20,21). The molecular formula is C17H22N4. The smallest absolute Gasteiger partial charge is 0.161 e. The lowest BCUT2D eigenvalue weighted by molar-refractivity contribution is 0.899. The van der Waals surface area contributed by atoms with Gasteiger partial charge in [0.15, 0.2) is 5.82 Å². The van der Waals surface area contributed by atoms with E-state index in [1.807, 2.05) is 13.8 Å². The van der Waals surface area contributed by atoms with Crippen molar-refractivity contribution in [1.29, 1.82) is 0 Å². The highest BCUT2D eigenvalue weighted by Crippen LogP contribution is 2.29. The molecule has 1 aliphatic carbocycles. The maximum absolute atomic E-state index is 4.80. The van der Waals surface area contributed by atoms with Crippen LogP contribution in [0.3, 0.4) is 0 Å². The van der Waals surface area contributed by atoms with Gasteiger partial charge in [0, 0.05) is 34.8 Å². The highest BCUT2D eigenvalue weighted by atomic mass is 15.0. The number of rotatable bonds is 4. The van der Waals surface area contributed by atoms with Crippen molar-refractivity contribution in [3.63, 3.8) is 0 Å². The van der Waals surface area contributed by atoms with E-state index in [2.05, 4.69) is 29.4 Å². The summed E-state index contributed by atoms with van der Waals surface area (Å²) in [6, 6.07) is 4.13. The van der Waals surface area contributed by atoms with Gasteiger partial charge in [-0.1, -0.05) is 6.92 Å². The van der Waals surface area contributed by atoms with Gasteiger partial charge < -0.3 is 5.32 Å². The number of nitrogens with one attached hydrogen (secondary N) is 1. The molecule has 0 saturated carbocycles. The number of hydrogen-bond donors (Lipinski definition) is 1. The molecule has 110 valence electrons. The van der Waals surface area contributed by atoms with Crippen molar-refractivity contribution in [3.05, 3.63) is 34.8 Å². The topological polar surface area (TPSA) is 50.7 Å². The number of fused-ring (bicyclic) bond motifs is 1. The van der Waals surface area contributed by atoms with Crippen LogP contribution in [0.1, 0.15) is 42.4 Å². The largest absolute Gasteiger partial charge is 0.370 e. The van der Waals surface area contributed by atoms with Crippen LogP contribution in [0, 0.1) is 13.8 Å². The van der Waals surface area contributed by atoms with E-state index in [1.165, 1.54) is 17.7 Å². The van der Waals surface area contributed by atoms with Crippen LogP contribution in [0.25, 0.3) is 11.4 Å². The molecule has 2 aromatic rings. The van der Waals surface area contributed by atoms with Gasteiger partial charge in [0.25, 0.3) is 0 Å². The molecule has 0 spiro atoms. The van der Waals surface area contributed by atoms with Crippen LogP contribution in [-0.2, 0) is 12.8 Å². The zero-order valence-electron chi connectivity index (χ0n) is 13.0. The lowest BCUT2D eigenvalue weighted by Gasteiger charge is -2.12. The van der Waals surface area contributed by atoms with Gasteiger partial charge in [0.1, 0.15) is 5.82 Å². The number of aromatic nitrogens is 3. The summed E-state index contributed by atoms with van der Waals surface area (Å²) in [6.07, 6.45) is 4.44. The van der Waals surface area contributed by atoms with E-state index in [0.29, 0.717) is 0 Å². The van der Waals surface area contributed by atoms with Gasteiger partial charge in [-0.3, -0.25) is 4.98 Å². The highest BCUT2D eigenvalue weighted by Gasteiger charge is 2.19. The van der Waals surface area contributed by atoms with E-state index >= 15 is 0 Å². The second-order valence-corrected chi connectivity index (χ2v) is 5.74. The van der Waals surface area contributed by atoms with Crippen LogP contribution >= 0.6 is 0 Å². The highest BCUT2D eigenvalue weighted by molar-refractivity contribution is 5.61. The van der Waals surface area contributed by atoms with Gasteiger partial charge in [-0.25, -0.2) is 9.97 Å². The first-order chi connectivity index (χ1) is 10.2. The Kier molecular flexibility index (Phi) is 3.86. The number of hydrogen-bond acceptors (Lipinski definition) is 4. The van der Waals surface area contributed by atoms with Crippen molar-refractivity contribution in [1.82, 2.24) is 15.0 Å². The van der Waals surface area contributed by atoms with Gasteiger partial charge in [0.2, 0.25) is 0 Å². The molecule has 4 heteroatoms. The Labute approximate surface area is 126 Å². The molecule has 0 atom stereocenters. The molecule has 0 saturated heterocycles. The summed E-state index contributed by atoms with van der Waals surface area (Å²) in [5.74, 6) is 1.85. The minimum Gasteiger partial charge on any atom is -0.370 e. The number of pyridine rings is 1. The first-order valence-corrected chi connectivity index (χ1v) is 7.76. The molecule has 0 aromatic carbocycles. The minimum absolute atomic E-state index is 0.822. The summed E-state index contributed by atoms with van der Waals surface area (Å²) < 4.78 is 0. The van der Waals surface area contributed by atoms with Crippen LogP contribution in [0.15, 0.2) is 12.1 Å². The minimum atomic E-state index is 0.822. The molecule has 1 N–H and O–H groups in total. The van der Waals surface area contributed by atoms with Crippen molar-refractivity contribution >= 4 is 5.82 Å². The second-order valence-electron chi connectivity index (χ2n) is 5.74. The Bertz CT molecular complexity index is 644. The lowest BCUT2D eigenvalue weighted by Crippen LogP contribution is -2.08. The predicted octanol–water partition coefficient (Wildman–Crippen LogP) is 3.47. The fourth-order valence-corrected chi connectivity index (χ4v) is 2.91. The van der Waals surface area contributed by atoms with E-state index in [-0.39, 0.29) is 0 Å². The SMILES string of the molecule is CCCNc1nc(-c2cc(C)nc(C)c2)nc2c1CCC2. The molecule has 0 bridgehead atoms. The Balaban J connectivity index is 2.06. The van der Waals surface area contributed by atoms with E-state index in [1.54, 1.807) is 0 Å². The zero-order valence-corrected chi connectivity index (χ0v) is 13.0. The van der Waals surface area contributed by atoms with E-state index in [0.717, 1.165) is 54.4 Å². The molecule has 2 heterocycles. The van der Waals surface area contributed by atoms with Crippen molar-refractivity contribution in [2.45, 2.75) is 46.5 Å². The average molecular weight is 282 g/mol. The summed E-state index contributed by atoms with van der Waals surface area (Å²) in [5.41, 5.74) is 5.61. The van der Waals surface area contributed by atoms with Gasteiger partial charge >= 0.3 is 0 Å². The Morgan fingerprint density at radius 2 is 1.81 bits per heavy atom. The van der Waals surface area contributed by atoms with Gasteiger partial charge in [-0.05, 0) is 51.7 Å². The molecule has 0 fully saturated rings. The second kappa shape index (κ2) is 5.80. The van der Waals surface area contributed by atoms with Crippen LogP contribution in [0.5, 0.6) is 0 Å². The fraction of sp³-hybridized carbons (Fsp3) is 0.471. The van der Waals surface area contributed by atoms with Crippen LogP contribution < -0.4 is 5.32 Å². The summed E-state index contributed by atoms with van der Waals surface area (Å²) >= 11 is 0. The van der Waals surface area contributed by atoms with E-state index in [4.69, 9.17) is 9.97 Å². The summed E-state index contributed by atoms with van der Waals surface area (Å²) in [6.45, 7) is 7.16. The van der Waals surface area contributed by atoms with Crippen LogP contribution in [0.2, 0.25) is 0 Å². The Morgan fingerprint density at radius 3 is 2.52 bits per heavy atom. The first-order valence-electron chi connectivity index (χ1n) is 7.76. The molecule has 0 amide bonds. The quantitative estimate of drug-likeness (QED) is 0.933.